The van der Waals surface area contributed by atoms with Gasteiger partial charge in [-0.2, -0.15) is 5.10 Å². The second kappa shape index (κ2) is 4.77. The van der Waals surface area contributed by atoms with Gasteiger partial charge in [-0.25, -0.2) is 0 Å². The zero-order chi connectivity index (χ0) is 10.7. The molecule has 4 heteroatoms. The molecule has 1 aromatic rings. The highest BCUT2D eigenvalue weighted by Gasteiger charge is 2.18. The topological polar surface area (TPSA) is 53.1 Å². The second-order valence-corrected chi connectivity index (χ2v) is 4.11. The number of rotatable bonds is 3. The van der Waals surface area contributed by atoms with Gasteiger partial charge in [0.2, 0.25) is 0 Å². The number of ether oxygens (including phenoxy) is 1. The molecule has 2 N–H and O–H groups in total. The Balaban J connectivity index is 2.13. The number of hydrogen-bond donors (Lipinski definition) is 1. The average molecular weight is 209 g/mol. The van der Waals surface area contributed by atoms with Crippen molar-refractivity contribution >= 4 is 0 Å². The highest BCUT2D eigenvalue weighted by molar-refractivity contribution is 5.17. The maximum atomic E-state index is 5.56. The summed E-state index contributed by atoms with van der Waals surface area (Å²) in [5, 5.41) is 4.44. The van der Waals surface area contributed by atoms with E-state index < -0.39 is 0 Å². The summed E-state index contributed by atoms with van der Waals surface area (Å²) >= 11 is 0. The molecule has 0 amide bonds. The number of hydrogen-bond acceptors (Lipinski definition) is 3. The Morgan fingerprint density at radius 3 is 3.20 bits per heavy atom. The van der Waals surface area contributed by atoms with Crippen LogP contribution < -0.4 is 5.73 Å². The molecule has 0 spiro atoms. The third-order valence-electron chi connectivity index (χ3n) is 3.04. The van der Waals surface area contributed by atoms with Crippen LogP contribution in [0, 0.1) is 6.92 Å². The molecule has 1 aliphatic heterocycles. The molecule has 1 atom stereocenters. The Morgan fingerprint density at radius 2 is 2.53 bits per heavy atom. The van der Waals surface area contributed by atoms with Crippen LogP contribution in [0.5, 0.6) is 0 Å². The smallest absolute Gasteiger partial charge is 0.0756 e. The average Bonchev–Trinajstić information content (AvgIpc) is 2.63. The van der Waals surface area contributed by atoms with Gasteiger partial charge in [0.15, 0.2) is 0 Å². The molecule has 0 radical (unpaired) electrons. The van der Waals surface area contributed by atoms with E-state index in [4.69, 9.17) is 10.5 Å². The van der Waals surface area contributed by atoms with E-state index in [1.54, 1.807) is 0 Å². The minimum absolute atomic E-state index is 0.422. The molecule has 0 saturated carbocycles. The van der Waals surface area contributed by atoms with Crippen LogP contribution in [0.4, 0.5) is 0 Å². The van der Waals surface area contributed by atoms with Crippen molar-refractivity contribution in [3.05, 3.63) is 17.5 Å². The van der Waals surface area contributed by atoms with Crippen molar-refractivity contribution in [2.45, 2.75) is 32.2 Å². The number of nitrogens with two attached hydrogens (primary N) is 1. The standard InChI is InChI=1S/C11H19N3O/c1-9-10(4-5-12)7-13-14(9)11-3-2-6-15-8-11/h7,11H,2-6,8,12H2,1H3. The van der Waals surface area contributed by atoms with Gasteiger partial charge in [0, 0.05) is 12.3 Å². The van der Waals surface area contributed by atoms with Crippen LogP contribution in [0.1, 0.15) is 30.1 Å². The first-order valence-electron chi connectivity index (χ1n) is 5.63. The molecule has 1 saturated heterocycles. The van der Waals surface area contributed by atoms with E-state index in [-0.39, 0.29) is 0 Å². The van der Waals surface area contributed by atoms with Gasteiger partial charge < -0.3 is 10.5 Å². The van der Waals surface area contributed by atoms with Crippen LogP contribution in [-0.2, 0) is 11.2 Å². The SMILES string of the molecule is Cc1c(CCN)cnn1C1CCCOC1. The molecule has 15 heavy (non-hydrogen) atoms. The maximum Gasteiger partial charge on any atom is 0.0756 e. The van der Waals surface area contributed by atoms with Crippen molar-refractivity contribution < 1.29 is 4.74 Å². The number of aromatic nitrogens is 2. The van der Waals surface area contributed by atoms with E-state index in [2.05, 4.69) is 16.7 Å². The Labute approximate surface area is 90.4 Å². The fourth-order valence-electron chi connectivity index (χ4n) is 2.14. The minimum Gasteiger partial charge on any atom is -0.379 e. The molecular formula is C11H19N3O. The zero-order valence-corrected chi connectivity index (χ0v) is 9.28. The van der Waals surface area contributed by atoms with Crippen LogP contribution >= 0.6 is 0 Å². The van der Waals surface area contributed by atoms with Crippen molar-refractivity contribution in [2.75, 3.05) is 19.8 Å². The predicted molar refractivity (Wildman–Crippen MR) is 58.8 cm³/mol. The second-order valence-electron chi connectivity index (χ2n) is 4.11. The van der Waals surface area contributed by atoms with Gasteiger partial charge in [-0.05, 0) is 38.3 Å². The monoisotopic (exact) mass is 209 g/mol. The van der Waals surface area contributed by atoms with E-state index >= 15 is 0 Å². The highest BCUT2D eigenvalue weighted by Crippen LogP contribution is 2.21. The maximum absolute atomic E-state index is 5.56. The van der Waals surface area contributed by atoms with E-state index in [0.717, 1.165) is 26.1 Å². The normalized spacial score (nSPS) is 21.9. The van der Waals surface area contributed by atoms with E-state index in [1.165, 1.54) is 17.7 Å². The van der Waals surface area contributed by atoms with Crippen LogP contribution in [-0.4, -0.2) is 29.5 Å². The Hall–Kier alpha value is -0.870. The lowest BCUT2D eigenvalue weighted by molar-refractivity contribution is 0.0542. The Kier molecular flexibility index (Phi) is 3.38. The highest BCUT2D eigenvalue weighted by atomic mass is 16.5. The van der Waals surface area contributed by atoms with Crippen molar-refractivity contribution in [3.8, 4) is 0 Å². The first-order valence-corrected chi connectivity index (χ1v) is 5.63. The Bertz CT molecular complexity index is 316. The molecule has 2 rings (SSSR count). The van der Waals surface area contributed by atoms with Gasteiger partial charge in [-0.1, -0.05) is 0 Å². The minimum atomic E-state index is 0.422. The summed E-state index contributed by atoms with van der Waals surface area (Å²) in [7, 11) is 0. The van der Waals surface area contributed by atoms with Crippen LogP contribution in [0.2, 0.25) is 0 Å². The number of nitrogens with zero attached hydrogens (tertiary/aromatic N) is 2. The summed E-state index contributed by atoms with van der Waals surface area (Å²) in [5.74, 6) is 0. The van der Waals surface area contributed by atoms with Gasteiger partial charge in [0.1, 0.15) is 0 Å². The van der Waals surface area contributed by atoms with Gasteiger partial charge in [-0.15, -0.1) is 0 Å². The van der Waals surface area contributed by atoms with Gasteiger partial charge in [-0.3, -0.25) is 4.68 Å². The van der Waals surface area contributed by atoms with Crippen molar-refractivity contribution in [2.24, 2.45) is 5.73 Å². The summed E-state index contributed by atoms with van der Waals surface area (Å²) in [4.78, 5) is 0. The lowest BCUT2D eigenvalue weighted by atomic mass is 10.1. The lowest BCUT2D eigenvalue weighted by Crippen LogP contribution is -2.23. The summed E-state index contributed by atoms with van der Waals surface area (Å²) in [6.07, 6.45) is 5.16. The van der Waals surface area contributed by atoms with Gasteiger partial charge >= 0.3 is 0 Å². The van der Waals surface area contributed by atoms with Crippen molar-refractivity contribution in [1.82, 2.24) is 9.78 Å². The molecule has 0 aliphatic carbocycles. The molecule has 1 aromatic heterocycles. The fraction of sp³-hybridized carbons (Fsp3) is 0.727. The molecule has 1 unspecified atom stereocenters. The predicted octanol–water partition coefficient (Wildman–Crippen LogP) is 1.04. The summed E-state index contributed by atoms with van der Waals surface area (Å²) in [6, 6.07) is 0.422. The van der Waals surface area contributed by atoms with Crippen LogP contribution in [0.15, 0.2) is 6.20 Å². The first-order chi connectivity index (χ1) is 7.33. The summed E-state index contributed by atoms with van der Waals surface area (Å²) < 4.78 is 7.58. The van der Waals surface area contributed by atoms with Crippen LogP contribution in [0.25, 0.3) is 0 Å². The van der Waals surface area contributed by atoms with Crippen molar-refractivity contribution in [1.29, 1.82) is 0 Å². The van der Waals surface area contributed by atoms with Crippen molar-refractivity contribution in [3.63, 3.8) is 0 Å². The third kappa shape index (κ3) is 2.21. The van der Waals surface area contributed by atoms with E-state index in [9.17, 15) is 0 Å². The summed E-state index contributed by atoms with van der Waals surface area (Å²) in [5.41, 5.74) is 8.07. The summed E-state index contributed by atoms with van der Waals surface area (Å²) in [6.45, 7) is 4.50. The largest absolute Gasteiger partial charge is 0.379 e. The molecule has 0 aromatic carbocycles. The lowest BCUT2D eigenvalue weighted by Gasteiger charge is -2.23. The molecule has 2 heterocycles. The molecule has 0 bridgehead atoms. The molecule has 1 aliphatic rings. The van der Waals surface area contributed by atoms with Gasteiger partial charge in [0.25, 0.3) is 0 Å². The third-order valence-corrected chi connectivity index (χ3v) is 3.04. The quantitative estimate of drug-likeness (QED) is 0.809. The molecule has 84 valence electrons. The molecular weight excluding hydrogens is 190 g/mol. The molecule has 4 nitrogen and oxygen atoms in total. The zero-order valence-electron chi connectivity index (χ0n) is 9.28. The van der Waals surface area contributed by atoms with E-state index in [1.807, 2.05) is 6.20 Å². The Morgan fingerprint density at radius 1 is 1.67 bits per heavy atom. The van der Waals surface area contributed by atoms with Crippen LogP contribution in [0.3, 0.4) is 0 Å². The van der Waals surface area contributed by atoms with E-state index in [0.29, 0.717) is 12.6 Å². The first kappa shape index (κ1) is 10.6. The molecule has 1 fully saturated rings. The fourth-order valence-corrected chi connectivity index (χ4v) is 2.14. The van der Waals surface area contributed by atoms with Gasteiger partial charge in [0.05, 0.1) is 18.8 Å².